The molecule has 6 heteroatoms. The van der Waals surface area contributed by atoms with Gasteiger partial charge in [-0.05, 0) is 43.2 Å². The predicted octanol–water partition coefficient (Wildman–Crippen LogP) is 4.33. The van der Waals surface area contributed by atoms with Crippen LogP contribution in [0.25, 0.3) is 0 Å². The van der Waals surface area contributed by atoms with Gasteiger partial charge in [-0.25, -0.2) is 8.78 Å². The second-order valence-electron chi connectivity index (χ2n) is 5.35. The molecule has 0 aliphatic carbocycles. The Balaban J connectivity index is 1.69. The molecule has 2 aromatic rings. The molecular weight excluding hydrogens is 332 g/mol. The molecule has 0 atom stereocenters. The number of benzene rings is 2. The van der Waals surface area contributed by atoms with Crippen molar-refractivity contribution in [1.29, 1.82) is 0 Å². The Morgan fingerprint density at radius 1 is 1.12 bits per heavy atom. The van der Waals surface area contributed by atoms with E-state index in [2.05, 4.69) is 5.32 Å². The number of aryl methyl sites for hydroxylation is 2. The second-order valence-corrected chi connectivity index (χ2v) is 6.45. The highest BCUT2D eigenvalue weighted by molar-refractivity contribution is 7.99. The zero-order valence-corrected chi connectivity index (χ0v) is 14.4. The van der Waals surface area contributed by atoms with E-state index in [-0.39, 0.29) is 17.3 Å². The molecule has 128 valence electrons. The lowest BCUT2D eigenvalue weighted by Crippen LogP contribution is -2.15. The van der Waals surface area contributed by atoms with Crippen molar-refractivity contribution in [2.75, 3.05) is 23.4 Å². The van der Waals surface area contributed by atoms with Gasteiger partial charge in [-0.3, -0.25) is 4.79 Å². The lowest BCUT2D eigenvalue weighted by atomic mass is 10.1. The molecule has 0 aromatic heterocycles. The van der Waals surface area contributed by atoms with Crippen LogP contribution in [0.4, 0.5) is 14.5 Å². The van der Waals surface area contributed by atoms with Crippen LogP contribution in [0, 0.1) is 25.5 Å². The molecular formula is C18H19F2NO2S. The van der Waals surface area contributed by atoms with E-state index >= 15 is 0 Å². The van der Waals surface area contributed by atoms with Crippen molar-refractivity contribution in [3.63, 3.8) is 0 Å². The highest BCUT2D eigenvalue weighted by Crippen LogP contribution is 2.19. The van der Waals surface area contributed by atoms with E-state index < -0.39 is 11.6 Å². The summed E-state index contributed by atoms with van der Waals surface area (Å²) in [6.45, 7) is 4.48. The molecule has 0 bridgehead atoms. The maximum absolute atomic E-state index is 13.1. The molecule has 0 spiro atoms. The average Bonchev–Trinajstić information content (AvgIpc) is 2.54. The summed E-state index contributed by atoms with van der Waals surface area (Å²) in [6.07, 6.45) is 0. The summed E-state index contributed by atoms with van der Waals surface area (Å²) in [7, 11) is 0. The normalized spacial score (nSPS) is 10.5. The fourth-order valence-electron chi connectivity index (χ4n) is 2.01. The minimum atomic E-state index is -0.984. The monoisotopic (exact) mass is 351 g/mol. The molecule has 0 radical (unpaired) electrons. The summed E-state index contributed by atoms with van der Waals surface area (Å²) in [5.74, 6) is -0.471. The number of ether oxygens (including phenoxy) is 1. The first-order valence-corrected chi connectivity index (χ1v) is 8.64. The standard InChI is InChI=1S/C18H19F2NO2S/c1-12-3-4-13(2)17(9-12)23-7-8-24-11-18(22)21-14-5-6-15(19)16(20)10-14/h3-6,9-10H,7-8,11H2,1-2H3,(H,21,22). The van der Waals surface area contributed by atoms with Crippen molar-refractivity contribution in [2.24, 2.45) is 0 Å². The van der Waals surface area contributed by atoms with Gasteiger partial charge in [0.1, 0.15) is 5.75 Å². The summed E-state index contributed by atoms with van der Waals surface area (Å²) in [5, 5.41) is 2.53. The maximum Gasteiger partial charge on any atom is 0.234 e. The largest absolute Gasteiger partial charge is 0.492 e. The van der Waals surface area contributed by atoms with Crippen LogP contribution in [0.2, 0.25) is 0 Å². The molecule has 0 saturated heterocycles. The van der Waals surface area contributed by atoms with Gasteiger partial charge in [0.15, 0.2) is 11.6 Å². The molecule has 1 N–H and O–H groups in total. The van der Waals surface area contributed by atoms with E-state index in [1.807, 2.05) is 32.0 Å². The van der Waals surface area contributed by atoms with E-state index in [0.717, 1.165) is 29.0 Å². The minimum Gasteiger partial charge on any atom is -0.492 e. The van der Waals surface area contributed by atoms with Gasteiger partial charge >= 0.3 is 0 Å². The minimum absolute atomic E-state index is 0.217. The number of thioether (sulfide) groups is 1. The van der Waals surface area contributed by atoms with Crippen molar-refractivity contribution in [1.82, 2.24) is 0 Å². The second kappa shape index (κ2) is 8.68. The lowest BCUT2D eigenvalue weighted by molar-refractivity contribution is -0.113. The highest BCUT2D eigenvalue weighted by Gasteiger charge is 2.06. The Bertz CT molecular complexity index is 722. The quantitative estimate of drug-likeness (QED) is 0.755. The molecule has 24 heavy (non-hydrogen) atoms. The van der Waals surface area contributed by atoms with Gasteiger partial charge in [-0.15, -0.1) is 11.8 Å². The Hall–Kier alpha value is -2.08. The van der Waals surface area contributed by atoms with Gasteiger partial charge in [0.25, 0.3) is 0 Å². The molecule has 1 amide bonds. The molecule has 0 fully saturated rings. The summed E-state index contributed by atoms with van der Waals surface area (Å²) >= 11 is 1.41. The molecule has 0 heterocycles. The third kappa shape index (κ3) is 5.53. The smallest absolute Gasteiger partial charge is 0.234 e. The molecule has 0 aliphatic rings. The van der Waals surface area contributed by atoms with Crippen LogP contribution in [-0.4, -0.2) is 24.0 Å². The van der Waals surface area contributed by atoms with Gasteiger partial charge in [0.2, 0.25) is 5.91 Å². The Morgan fingerprint density at radius 2 is 1.92 bits per heavy atom. The first kappa shape index (κ1) is 18.3. The van der Waals surface area contributed by atoms with E-state index in [4.69, 9.17) is 4.74 Å². The van der Waals surface area contributed by atoms with Gasteiger partial charge in [0, 0.05) is 17.5 Å². The van der Waals surface area contributed by atoms with Crippen molar-refractivity contribution >= 4 is 23.4 Å². The fourth-order valence-corrected chi connectivity index (χ4v) is 2.61. The zero-order chi connectivity index (χ0) is 17.5. The number of carbonyl (C=O) groups excluding carboxylic acids is 1. The van der Waals surface area contributed by atoms with Gasteiger partial charge in [-0.1, -0.05) is 12.1 Å². The number of rotatable bonds is 7. The Kier molecular flexibility index (Phi) is 6.61. The first-order chi connectivity index (χ1) is 11.5. The number of anilines is 1. The third-order valence-corrected chi connectivity index (χ3v) is 4.19. The van der Waals surface area contributed by atoms with Crippen LogP contribution in [-0.2, 0) is 4.79 Å². The van der Waals surface area contributed by atoms with Crippen LogP contribution in [0.5, 0.6) is 5.75 Å². The highest BCUT2D eigenvalue weighted by atomic mass is 32.2. The number of carbonyl (C=O) groups is 1. The summed E-state index contributed by atoms with van der Waals surface area (Å²) in [5.41, 5.74) is 2.45. The molecule has 2 aromatic carbocycles. The van der Waals surface area contributed by atoms with Crippen molar-refractivity contribution in [2.45, 2.75) is 13.8 Å². The Labute approximate surface area is 144 Å². The van der Waals surface area contributed by atoms with E-state index in [1.165, 1.54) is 17.8 Å². The predicted molar refractivity (Wildman–Crippen MR) is 93.7 cm³/mol. The van der Waals surface area contributed by atoms with Gasteiger partial charge in [-0.2, -0.15) is 0 Å². The molecule has 2 rings (SSSR count). The average molecular weight is 351 g/mol. The van der Waals surface area contributed by atoms with Crippen LogP contribution in [0.1, 0.15) is 11.1 Å². The van der Waals surface area contributed by atoms with Crippen molar-refractivity contribution in [3.05, 3.63) is 59.2 Å². The summed E-state index contributed by atoms with van der Waals surface area (Å²) < 4.78 is 31.6. The molecule has 3 nitrogen and oxygen atoms in total. The van der Waals surface area contributed by atoms with E-state index in [0.29, 0.717) is 12.4 Å². The first-order valence-electron chi connectivity index (χ1n) is 7.48. The van der Waals surface area contributed by atoms with Gasteiger partial charge < -0.3 is 10.1 Å². The SMILES string of the molecule is Cc1ccc(C)c(OCCSCC(=O)Nc2ccc(F)c(F)c2)c1. The van der Waals surface area contributed by atoms with Crippen LogP contribution in [0.3, 0.4) is 0 Å². The third-order valence-electron chi connectivity index (χ3n) is 3.27. The number of nitrogens with one attached hydrogen (secondary N) is 1. The van der Waals surface area contributed by atoms with Crippen molar-refractivity contribution < 1.29 is 18.3 Å². The maximum atomic E-state index is 13.1. The lowest BCUT2D eigenvalue weighted by Gasteiger charge is -2.10. The number of hydrogen-bond donors (Lipinski definition) is 1. The Morgan fingerprint density at radius 3 is 2.67 bits per heavy atom. The van der Waals surface area contributed by atoms with Gasteiger partial charge in [0.05, 0.1) is 12.4 Å². The molecule has 0 aliphatic heterocycles. The summed E-state index contributed by atoms with van der Waals surface area (Å²) in [4.78, 5) is 11.8. The number of halogens is 2. The molecule has 0 unspecified atom stereocenters. The topological polar surface area (TPSA) is 38.3 Å². The van der Waals surface area contributed by atoms with Crippen molar-refractivity contribution in [3.8, 4) is 5.75 Å². The van der Waals surface area contributed by atoms with Crippen LogP contribution < -0.4 is 10.1 Å². The fraction of sp³-hybridized carbons (Fsp3) is 0.278. The molecule has 0 saturated carbocycles. The number of hydrogen-bond acceptors (Lipinski definition) is 3. The summed E-state index contributed by atoms with van der Waals surface area (Å²) in [6, 6.07) is 9.28. The van der Waals surface area contributed by atoms with E-state index in [1.54, 1.807) is 0 Å². The van der Waals surface area contributed by atoms with Crippen LogP contribution >= 0.6 is 11.8 Å². The number of amides is 1. The van der Waals surface area contributed by atoms with E-state index in [9.17, 15) is 13.6 Å². The van der Waals surface area contributed by atoms with Crippen LogP contribution in [0.15, 0.2) is 36.4 Å². The zero-order valence-electron chi connectivity index (χ0n) is 13.6.